The molecule has 0 unspecified atom stereocenters. The predicted molar refractivity (Wildman–Crippen MR) is 75.5 cm³/mol. The van der Waals surface area contributed by atoms with Gasteiger partial charge in [-0.05, 0) is 16.3 Å². The van der Waals surface area contributed by atoms with Crippen molar-refractivity contribution in [1.29, 1.82) is 0 Å². The van der Waals surface area contributed by atoms with Crippen LogP contribution in [0.5, 0.6) is 0 Å². The van der Waals surface area contributed by atoms with Crippen LogP contribution in [0.2, 0.25) is 0 Å². The van der Waals surface area contributed by atoms with Crippen molar-refractivity contribution in [1.82, 2.24) is 0 Å². The van der Waals surface area contributed by atoms with E-state index in [4.69, 9.17) is 0 Å². The molecule has 0 saturated carbocycles. The Morgan fingerprint density at radius 2 is 1.40 bits per heavy atom. The van der Waals surface area contributed by atoms with Crippen molar-refractivity contribution in [2.75, 3.05) is 0 Å². The molecule has 3 heteroatoms. The van der Waals surface area contributed by atoms with E-state index in [2.05, 4.69) is 49.0 Å². The fourth-order valence-electron chi connectivity index (χ4n) is 1.43. The van der Waals surface area contributed by atoms with Gasteiger partial charge in [-0.3, -0.25) is 0 Å². The predicted octanol–water partition coefficient (Wildman–Crippen LogP) is 1.54. The summed E-state index contributed by atoms with van der Waals surface area (Å²) >= 11 is 0. The van der Waals surface area contributed by atoms with E-state index in [1.54, 1.807) is 0 Å². The van der Waals surface area contributed by atoms with Crippen LogP contribution < -0.4 is 0 Å². The fourth-order valence-corrected chi connectivity index (χ4v) is 1.43. The molecule has 0 atom stereocenters. The quantitative estimate of drug-likeness (QED) is 0.647. The molecule has 0 aliphatic rings. The Balaban J connectivity index is 0. The molecule has 0 aromatic heterocycles. The van der Waals surface area contributed by atoms with Gasteiger partial charge in [0.15, 0.2) is 0 Å². The van der Waals surface area contributed by atoms with E-state index in [1.165, 1.54) is 16.3 Å². The summed E-state index contributed by atoms with van der Waals surface area (Å²) in [5.74, 6) is 0. The van der Waals surface area contributed by atoms with Gasteiger partial charge in [-0.2, -0.15) is 0 Å². The molecule has 15 heavy (non-hydrogen) atoms. The molecule has 0 heterocycles. The number of rotatable bonds is 1. The van der Waals surface area contributed by atoms with E-state index in [1.807, 2.05) is 6.08 Å². The zero-order valence-electron chi connectivity index (χ0n) is 6.83. The summed E-state index contributed by atoms with van der Waals surface area (Å²) in [7, 11) is 0. The summed E-state index contributed by atoms with van der Waals surface area (Å²) in [4.78, 5) is 0. The van der Waals surface area contributed by atoms with Crippen molar-refractivity contribution in [2.45, 2.75) is 0 Å². The second kappa shape index (κ2) is 9.47. The molecule has 0 aliphatic heterocycles. The molecule has 0 nitrogen and oxygen atoms in total. The minimum absolute atomic E-state index is 0. The first-order valence-corrected chi connectivity index (χ1v) is 4.02. The van der Waals surface area contributed by atoms with Gasteiger partial charge in [-0.1, -0.05) is 55.1 Å². The van der Waals surface area contributed by atoms with Gasteiger partial charge in [-0.15, -0.1) is 0 Å². The molecule has 0 radical (unpaired) electrons. The summed E-state index contributed by atoms with van der Waals surface area (Å²) in [5, 5.41) is 2.55. The third-order valence-corrected chi connectivity index (χ3v) is 2.04. The van der Waals surface area contributed by atoms with Crippen LogP contribution in [0.4, 0.5) is 0 Å². The van der Waals surface area contributed by atoms with Crippen LogP contribution in [0.15, 0.2) is 49.0 Å². The summed E-state index contributed by atoms with van der Waals surface area (Å²) in [5.41, 5.74) is 1.20. The van der Waals surface area contributed by atoms with Gasteiger partial charge >= 0.3 is 88.7 Å². The van der Waals surface area contributed by atoms with Gasteiger partial charge in [0.2, 0.25) is 0 Å². The molecule has 0 bridgehead atoms. The Labute approximate surface area is 157 Å². The Kier molecular flexibility index (Phi) is 11.9. The van der Waals surface area contributed by atoms with Crippen molar-refractivity contribution < 1.29 is 0 Å². The average molecular weight is 226 g/mol. The fraction of sp³-hybridized carbons (Fsp3) is 0. The summed E-state index contributed by atoms with van der Waals surface area (Å²) in [6, 6.07) is 14.6. The number of benzene rings is 2. The van der Waals surface area contributed by atoms with Crippen LogP contribution in [0, 0.1) is 0 Å². The van der Waals surface area contributed by atoms with Gasteiger partial charge in [0, 0.05) is 0 Å². The first-order valence-electron chi connectivity index (χ1n) is 4.02. The summed E-state index contributed by atoms with van der Waals surface area (Å²) in [6.45, 7) is 3.78. The van der Waals surface area contributed by atoms with E-state index in [0.29, 0.717) is 0 Å². The maximum atomic E-state index is 3.78. The van der Waals surface area contributed by atoms with Crippen molar-refractivity contribution in [3.8, 4) is 0 Å². The van der Waals surface area contributed by atoms with Gasteiger partial charge in [0.1, 0.15) is 0 Å². The van der Waals surface area contributed by atoms with Crippen LogP contribution in [-0.2, 0) is 0 Å². The Bertz CT molecular complexity index is 419. The van der Waals surface area contributed by atoms with Crippen LogP contribution in [0.3, 0.4) is 0 Å². The van der Waals surface area contributed by atoms with E-state index in [9.17, 15) is 0 Å². The molecule has 2 aromatic rings. The second-order valence-electron chi connectivity index (χ2n) is 2.77. The van der Waals surface area contributed by atoms with Crippen LogP contribution in [0.25, 0.3) is 16.8 Å². The van der Waals surface area contributed by atoms with E-state index in [0.717, 1.165) is 0 Å². The SMILES string of the molecule is C=Cc1cccc2ccccc12.[NaH].[NaH].[NaH]. The maximum absolute atomic E-state index is 3.78. The number of hydrogen-bond donors (Lipinski definition) is 0. The average Bonchev–Trinajstić information content (AvgIpc) is 2.17. The number of fused-ring (bicyclic) bond motifs is 1. The molecule has 0 amide bonds. The molecular weight excluding hydrogens is 213 g/mol. The van der Waals surface area contributed by atoms with Crippen molar-refractivity contribution >= 4 is 106 Å². The van der Waals surface area contributed by atoms with Crippen molar-refractivity contribution in [3.05, 3.63) is 54.6 Å². The van der Waals surface area contributed by atoms with Crippen LogP contribution in [-0.4, -0.2) is 88.7 Å². The molecule has 0 spiro atoms. The van der Waals surface area contributed by atoms with Crippen molar-refractivity contribution in [3.63, 3.8) is 0 Å². The molecule has 0 N–H and O–H groups in total. The first-order chi connectivity index (χ1) is 5.92. The molecule has 2 rings (SSSR count). The minimum atomic E-state index is 0. The first kappa shape index (κ1) is 18.8. The van der Waals surface area contributed by atoms with Gasteiger partial charge < -0.3 is 0 Å². The molecule has 0 aliphatic carbocycles. The van der Waals surface area contributed by atoms with Crippen molar-refractivity contribution in [2.24, 2.45) is 0 Å². The van der Waals surface area contributed by atoms with Crippen LogP contribution in [0.1, 0.15) is 5.56 Å². The summed E-state index contributed by atoms with van der Waals surface area (Å²) < 4.78 is 0. The monoisotopic (exact) mass is 226 g/mol. The topological polar surface area (TPSA) is 0 Å². The van der Waals surface area contributed by atoms with E-state index < -0.39 is 0 Å². The Morgan fingerprint density at radius 1 is 0.800 bits per heavy atom. The van der Waals surface area contributed by atoms with Gasteiger partial charge in [-0.25, -0.2) is 0 Å². The molecule has 0 saturated heterocycles. The molecule has 0 fully saturated rings. The third-order valence-electron chi connectivity index (χ3n) is 2.04. The number of hydrogen-bond acceptors (Lipinski definition) is 0. The zero-order valence-corrected chi connectivity index (χ0v) is 6.83. The Hall–Kier alpha value is 1.44. The third kappa shape index (κ3) is 4.67. The second-order valence-corrected chi connectivity index (χ2v) is 2.77. The zero-order chi connectivity index (χ0) is 8.39. The van der Waals surface area contributed by atoms with Gasteiger partial charge in [0.05, 0.1) is 0 Å². The molecule has 2 aromatic carbocycles. The van der Waals surface area contributed by atoms with Crippen LogP contribution >= 0.6 is 0 Å². The van der Waals surface area contributed by atoms with E-state index >= 15 is 0 Å². The molecular formula is C12H13Na3. The standard InChI is InChI=1S/C12H10.3Na.3H/c1-2-10-7-5-8-11-6-3-4-9-12(10)11;;;;;;/h2-9H,1H2;;;;;;. The van der Waals surface area contributed by atoms with Gasteiger partial charge in [0.25, 0.3) is 0 Å². The summed E-state index contributed by atoms with van der Waals surface area (Å²) in [6.07, 6.45) is 1.89. The Morgan fingerprint density at radius 3 is 2.07 bits per heavy atom. The molecule has 64 valence electrons. The van der Waals surface area contributed by atoms with E-state index in [-0.39, 0.29) is 88.7 Å². The normalized spacial score (nSPS) is 8.00.